The summed E-state index contributed by atoms with van der Waals surface area (Å²) in [6.45, 7) is 0. The van der Waals surface area contributed by atoms with E-state index in [-0.39, 0.29) is 29.3 Å². The standard InChI is InChI=1S/C15H10O5.ClH/c16-13(9-1-5-11(6-2-9)14(17)18)10-3-7-12(8-4-10)15(19)20;/h1-8H,(H,17,18)(H,19,20);1H. The number of carboxylic acids is 2. The summed E-state index contributed by atoms with van der Waals surface area (Å²) in [7, 11) is 0. The first-order valence-electron chi connectivity index (χ1n) is 5.70. The fourth-order valence-electron chi connectivity index (χ4n) is 1.70. The average molecular weight is 307 g/mol. The zero-order chi connectivity index (χ0) is 14.7. The van der Waals surface area contributed by atoms with Gasteiger partial charge in [-0.25, -0.2) is 9.59 Å². The lowest BCUT2D eigenvalue weighted by Gasteiger charge is -2.02. The Labute approximate surface area is 126 Å². The van der Waals surface area contributed by atoms with Gasteiger partial charge in [0.25, 0.3) is 0 Å². The van der Waals surface area contributed by atoms with Crippen LogP contribution in [0.4, 0.5) is 0 Å². The van der Waals surface area contributed by atoms with Crippen LogP contribution in [0.3, 0.4) is 0 Å². The van der Waals surface area contributed by atoms with Gasteiger partial charge >= 0.3 is 11.9 Å². The summed E-state index contributed by atoms with van der Waals surface area (Å²) in [5.41, 5.74) is 0.890. The Balaban J connectivity index is 0.00000220. The Kier molecular flexibility index (Phi) is 5.21. The van der Waals surface area contributed by atoms with Crippen molar-refractivity contribution < 1.29 is 24.6 Å². The third-order valence-corrected chi connectivity index (χ3v) is 2.79. The van der Waals surface area contributed by atoms with E-state index < -0.39 is 11.9 Å². The van der Waals surface area contributed by atoms with E-state index in [4.69, 9.17) is 10.2 Å². The molecule has 0 aliphatic rings. The summed E-state index contributed by atoms with van der Waals surface area (Å²) < 4.78 is 0. The molecule has 0 saturated heterocycles. The van der Waals surface area contributed by atoms with Gasteiger partial charge in [0.1, 0.15) is 0 Å². The Morgan fingerprint density at radius 3 is 1.05 bits per heavy atom. The molecule has 0 fully saturated rings. The second kappa shape index (κ2) is 6.67. The van der Waals surface area contributed by atoms with E-state index in [2.05, 4.69) is 0 Å². The lowest BCUT2D eigenvalue weighted by Crippen LogP contribution is -2.04. The van der Waals surface area contributed by atoms with Gasteiger partial charge in [-0.05, 0) is 24.3 Å². The van der Waals surface area contributed by atoms with Crippen LogP contribution in [0.1, 0.15) is 36.6 Å². The SMILES string of the molecule is Cl.O=C(O)c1ccc(C(=O)c2ccc(C(=O)O)cc2)cc1. The topological polar surface area (TPSA) is 91.7 Å². The first-order valence-corrected chi connectivity index (χ1v) is 5.70. The monoisotopic (exact) mass is 306 g/mol. The second-order valence-corrected chi connectivity index (χ2v) is 4.09. The van der Waals surface area contributed by atoms with Gasteiger partial charge < -0.3 is 10.2 Å². The number of rotatable bonds is 4. The van der Waals surface area contributed by atoms with Gasteiger partial charge in [0.05, 0.1) is 11.1 Å². The summed E-state index contributed by atoms with van der Waals surface area (Å²) in [6.07, 6.45) is 0. The first kappa shape index (κ1) is 16.4. The third-order valence-electron chi connectivity index (χ3n) is 2.79. The van der Waals surface area contributed by atoms with Crippen molar-refractivity contribution in [3.63, 3.8) is 0 Å². The van der Waals surface area contributed by atoms with E-state index in [0.717, 1.165) is 0 Å². The molecule has 2 aromatic rings. The minimum atomic E-state index is -1.06. The number of hydrogen-bond acceptors (Lipinski definition) is 3. The molecule has 2 aromatic carbocycles. The quantitative estimate of drug-likeness (QED) is 0.847. The first-order chi connectivity index (χ1) is 9.49. The van der Waals surface area contributed by atoms with E-state index in [1.54, 1.807) is 0 Å². The van der Waals surface area contributed by atoms with Gasteiger partial charge in [-0.2, -0.15) is 0 Å². The smallest absolute Gasteiger partial charge is 0.335 e. The van der Waals surface area contributed by atoms with Crippen molar-refractivity contribution in [2.75, 3.05) is 0 Å². The molecule has 0 aliphatic heterocycles. The van der Waals surface area contributed by atoms with Crippen molar-refractivity contribution in [3.8, 4) is 0 Å². The maximum absolute atomic E-state index is 12.1. The molecule has 2 N–H and O–H groups in total. The lowest BCUT2D eigenvalue weighted by atomic mass is 10.0. The molecule has 5 nitrogen and oxygen atoms in total. The lowest BCUT2D eigenvalue weighted by molar-refractivity contribution is 0.0686. The highest BCUT2D eigenvalue weighted by molar-refractivity contribution is 6.09. The van der Waals surface area contributed by atoms with E-state index in [9.17, 15) is 14.4 Å². The van der Waals surface area contributed by atoms with Crippen LogP contribution in [-0.4, -0.2) is 27.9 Å². The van der Waals surface area contributed by atoms with Gasteiger partial charge in [-0.1, -0.05) is 24.3 Å². The van der Waals surface area contributed by atoms with Crippen LogP contribution in [0.25, 0.3) is 0 Å². The number of halogens is 1. The van der Waals surface area contributed by atoms with Crippen LogP contribution in [0, 0.1) is 0 Å². The van der Waals surface area contributed by atoms with Crippen LogP contribution in [0.2, 0.25) is 0 Å². The van der Waals surface area contributed by atoms with Crippen molar-refractivity contribution in [1.82, 2.24) is 0 Å². The highest BCUT2D eigenvalue weighted by atomic mass is 35.5. The summed E-state index contributed by atoms with van der Waals surface area (Å²) >= 11 is 0. The summed E-state index contributed by atoms with van der Waals surface area (Å²) in [5, 5.41) is 17.5. The third kappa shape index (κ3) is 3.67. The molecule has 0 aromatic heterocycles. The predicted octanol–water partition coefficient (Wildman–Crippen LogP) is 2.74. The molecule has 0 spiro atoms. The van der Waals surface area contributed by atoms with Crippen LogP contribution in [0.15, 0.2) is 48.5 Å². The number of carboxylic acid groups (broad SMARTS) is 2. The molecule has 0 unspecified atom stereocenters. The molecule has 2 rings (SSSR count). The van der Waals surface area contributed by atoms with Crippen LogP contribution in [0.5, 0.6) is 0 Å². The molecule has 6 heteroatoms. The molecule has 0 saturated carbocycles. The minimum Gasteiger partial charge on any atom is -0.478 e. The molecule has 0 amide bonds. The maximum Gasteiger partial charge on any atom is 0.335 e. The molecular weight excluding hydrogens is 296 g/mol. The predicted molar refractivity (Wildman–Crippen MR) is 77.5 cm³/mol. The Hall–Kier alpha value is -2.66. The maximum atomic E-state index is 12.1. The van der Waals surface area contributed by atoms with Crippen molar-refractivity contribution in [2.24, 2.45) is 0 Å². The fraction of sp³-hybridized carbons (Fsp3) is 0. The zero-order valence-electron chi connectivity index (χ0n) is 10.6. The summed E-state index contributed by atoms with van der Waals surface area (Å²) in [4.78, 5) is 33.5. The van der Waals surface area contributed by atoms with Crippen molar-refractivity contribution in [3.05, 3.63) is 70.8 Å². The van der Waals surface area contributed by atoms with Gasteiger partial charge in [-0.15, -0.1) is 12.4 Å². The fourth-order valence-corrected chi connectivity index (χ4v) is 1.70. The van der Waals surface area contributed by atoms with Crippen molar-refractivity contribution in [2.45, 2.75) is 0 Å². The van der Waals surface area contributed by atoms with Gasteiger partial charge in [-0.3, -0.25) is 4.79 Å². The van der Waals surface area contributed by atoms with Gasteiger partial charge in [0, 0.05) is 11.1 Å². The van der Waals surface area contributed by atoms with E-state index in [1.165, 1.54) is 48.5 Å². The molecule has 0 atom stereocenters. The van der Waals surface area contributed by atoms with Crippen molar-refractivity contribution in [1.29, 1.82) is 0 Å². The number of ketones is 1. The highest BCUT2D eigenvalue weighted by Gasteiger charge is 2.11. The summed E-state index contributed by atoms with van der Waals surface area (Å²) in [6, 6.07) is 11.1. The molecule has 0 radical (unpaired) electrons. The largest absolute Gasteiger partial charge is 0.478 e. The minimum absolute atomic E-state index is 0. The van der Waals surface area contributed by atoms with Crippen LogP contribution < -0.4 is 0 Å². The molecule has 0 heterocycles. The normalized spacial score (nSPS) is 9.52. The zero-order valence-corrected chi connectivity index (χ0v) is 11.5. The number of carbonyl (C=O) groups is 3. The van der Waals surface area contributed by atoms with Gasteiger partial charge in [0.2, 0.25) is 0 Å². The Morgan fingerprint density at radius 1 is 0.571 bits per heavy atom. The molecule has 0 bridgehead atoms. The highest BCUT2D eigenvalue weighted by Crippen LogP contribution is 2.12. The molecule has 108 valence electrons. The summed E-state index contributed by atoms with van der Waals surface area (Å²) in [5.74, 6) is -2.41. The number of aromatic carboxylic acids is 2. The van der Waals surface area contributed by atoms with Crippen molar-refractivity contribution >= 4 is 30.1 Å². The second-order valence-electron chi connectivity index (χ2n) is 4.09. The number of hydrogen-bond donors (Lipinski definition) is 2. The molecule has 21 heavy (non-hydrogen) atoms. The number of carbonyl (C=O) groups excluding carboxylic acids is 1. The molecular formula is C15H11ClO5. The van der Waals surface area contributed by atoms with E-state index >= 15 is 0 Å². The Bertz CT molecular complexity index is 615. The van der Waals surface area contributed by atoms with Crippen LogP contribution in [-0.2, 0) is 0 Å². The Morgan fingerprint density at radius 2 is 0.810 bits per heavy atom. The molecule has 0 aliphatic carbocycles. The average Bonchev–Trinajstić information content (AvgIpc) is 2.46. The van der Waals surface area contributed by atoms with Gasteiger partial charge in [0.15, 0.2) is 5.78 Å². The van der Waals surface area contributed by atoms with Crippen LogP contribution >= 0.6 is 12.4 Å². The van der Waals surface area contributed by atoms with E-state index in [1.807, 2.05) is 0 Å². The van der Waals surface area contributed by atoms with E-state index in [0.29, 0.717) is 11.1 Å². The number of benzene rings is 2.